The van der Waals surface area contributed by atoms with E-state index in [1.54, 1.807) is 0 Å². The topological polar surface area (TPSA) is 55.4 Å². The lowest BCUT2D eigenvalue weighted by atomic mass is 10.1. The standard InChI is InChI=1S/C11H11BrFNO3/c1-6(15)14-10(11(16)17-2)8-5-7(12)3-4-9(8)13/h3-5,10H,1-2H3,(H,14,15). The second-order valence-electron chi connectivity index (χ2n) is 3.32. The fraction of sp³-hybridized carbons (Fsp3) is 0.273. The third kappa shape index (κ3) is 3.52. The second kappa shape index (κ2) is 5.77. The number of methoxy groups -OCH3 is 1. The van der Waals surface area contributed by atoms with Gasteiger partial charge in [-0.3, -0.25) is 4.79 Å². The van der Waals surface area contributed by atoms with Crippen molar-refractivity contribution in [2.24, 2.45) is 0 Å². The molecule has 6 heteroatoms. The van der Waals surface area contributed by atoms with E-state index in [0.29, 0.717) is 4.47 Å². The summed E-state index contributed by atoms with van der Waals surface area (Å²) in [6.07, 6.45) is 0. The lowest BCUT2D eigenvalue weighted by Crippen LogP contribution is -2.33. The number of amides is 1. The van der Waals surface area contributed by atoms with Crippen LogP contribution in [0.2, 0.25) is 0 Å². The average molecular weight is 304 g/mol. The molecule has 1 atom stereocenters. The predicted molar refractivity (Wildman–Crippen MR) is 62.7 cm³/mol. The third-order valence-corrected chi connectivity index (χ3v) is 2.55. The molecule has 0 fully saturated rings. The zero-order chi connectivity index (χ0) is 13.0. The summed E-state index contributed by atoms with van der Waals surface area (Å²) in [6.45, 7) is 1.24. The van der Waals surface area contributed by atoms with E-state index >= 15 is 0 Å². The molecule has 1 aromatic rings. The van der Waals surface area contributed by atoms with Crippen LogP contribution in [-0.4, -0.2) is 19.0 Å². The van der Waals surface area contributed by atoms with Crippen LogP contribution < -0.4 is 5.32 Å². The minimum Gasteiger partial charge on any atom is -0.467 e. The van der Waals surface area contributed by atoms with Gasteiger partial charge in [-0.1, -0.05) is 15.9 Å². The van der Waals surface area contributed by atoms with Crippen LogP contribution in [0.15, 0.2) is 22.7 Å². The van der Waals surface area contributed by atoms with E-state index in [1.807, 2.05) is 0 Å². The van der Waals surface area contributed by atoms with E-state index in [4.69, 9.17) is 0 Å². The Morgan fingerprint density at radius 2 is 2.12 bits per heavy atom. The fourth-order valence-corrected chi connectivity index (χ4v) is 1.70. The van der Waals surface area contributed by atoms with Gasteiger partial charge >= 0.3 is 5.97 Å². The van der Waals surface area contributed by atoms with Crippen LogP contribution in [0, 0.1) is 5.82 Å². The first kappa shape index (κ1) is 13.6. The van der Waals surface area contributed by atoms with Crippen molar-refractivity contribution in [1.82, 2.24) is 5.32 Å². The molecule has 1 rings (SSSR count). The van der Waals surface area contributed by atoms with Crippen molar-refractivity contribution in [1.29, 1.82) is 0 Å². The fourth-order valence-electron chi connectivity index (χ4n) is 1.32. The molecule has 0 bridgehead atoms. The summed E-state index contributed by atoms with van der Waals surface area (Å²) in [6, 6.07) is 2.99. The van der Waals surface area contributed by atoms with E-state index in [1.165, 1.54) is 32.2 Å². The Balaban J connectivity index is 3.16. The minimum atomic E-state index is -1.14. The summed E-state index contributed by atoms with van der Waals surface area (Å²) >= 11 is 3.17. The smallest absolute Gasteiger partial charge is 0.333 e. The number of benzene rings is 1. The highest BCUT2D eigenvalue weighted by Crippen LogP contribution is 2.22. The van der Waals surface area contributed by atoms with Gasteiger partial charge in [0.2, 0.25) is 5.91 Å². The van der Waals surface area contributed by atoms with Gasteiger partial charge in [-0.15, -0.1) is 0 Å². The number of rotatable bonds is 3. The van der Waals surface area contributed by atoms with Gasteiger partial charge in [-0.25, -0.2) is 9.18 Å². The Morgan fingerprint density at radius 3 is 2.65 bits per heavy atom. The van der Waals surface area contributed by atoms with Crippen LogP contribution in [0.3, 0.4) is 0 Å². The summed E-state index contributed by atoms with van der Waals surface area (Å²) in [5.41, 5.74) is 0.0569. The van der Waals surface area contributed by atoms with Crippen molar-refractivity contribution < 1.29 is 18.7 Å². The number of carbonyl (C=O) groups excluding carboxylic acids is 2. The Hall–Kier alpha value is -1.43. The van der Waals surface area contributed by atoms with Gasteiger partial charge in [0.1, 0.15) is 5.82 Å². The van der Waals surface area contributed by atoms with Gasteiger partial charge in [-0.2, -0.15) is 0 Å². The first-order valence-electron chi connectivity index (χ1n) is 4.75. The van der Waals surface area contributed by atoms with Crippen molar-refractivity contribution >= 4 is 27.8 Å². The Kier molecular flexibility index (Phi) is 4.62. The lowest BCUT2D eigenvalue weighted by molar-refractivity contribution is -0.145. The lowest BCUT2D eigenvalue weighted by Gasteiger charge is -2.16. The number of nitrogens with one attached hydrogen (secondary N) is 1. The van der Waals surface area contributed by atoms with E-state index in [-0.39, 0.29) is 5.56 Å². The first-order chi connectivity index (χ1) is 7.95. The summed E-state index contributed by atoms with van der Waals surface area (Å²) in [5.74, 6) is -1.76. The van der Waals surface area contributed by atoms with Gasteiger partial charge in [0, 0.05) is 17.0 Å². The molecule has 0 heterocycles. The highest BCUT2D eigenvalue weighted by Gasteiger charge is 2.25. The van der Waals surface area contributed by atoms with Crippen molar-refractivity contribution in [3.8, 4) is 0 Å². The number of esters is 1. The van der Waals surface area contributed by atoms with E-state index in [9.17, 15) is 14.0 Å². The van der Waals surface area contributed by atoms with Crippen LogP contribution in [0.4, 0.5) is 4.39 Å². The SMILES string of the molecule is COC(=O)C(NC(C)=O)c1cc(Br)ccc1F. The Labute approximate surface area is 106 Å². The zero-order valence-electron chi connectivity index (χ0n) is 9.29. The normalized spacial score (nSPS) is 11.8. The Morgan fingerprint density at radius 1 is 1.47 bits per heavy atom. The van der Waals surface area contributed by atoms with Gasteiger partial charge < -0.3 is 10.1 Å². The quantitative estimate of drug-likeness (QED) is 0.868. The molecule has 17 heavy (non-hydrogen) atoms. The molecular weight excluding hydrogens is 293 g/mol. The Bertz CT molecular complexity index is 450. The van der Waals surface area contributed by atoms with Crippen molar-refractivity contribution in [3.05, 3.63) is 34.1 Å². The maximum Gasteiger partial charge on any atom is 0.333 e. The molecule has 0 radical (unpaired) electrons. The molecule has 1 N–H and O–H groups in total. The number of ether oxygens (including phenoxy) is 1. The third-order valence-electron chi connectivity index (χ3n) is 2.05. The van der Waals surface area contributed by atoms with Gasteiger partial charge in [0.15, 0.2) is 6.04 Å². The largest absolute Gasteiger partial charge is 0.467 e. The maximum absolute atomic E-state index is 13.6. The van der Waals surface area contributed by atoms with Crippen LogP contribution in [0.1, 0.15) is 18.5 Å². The van der Waals surface area contributed by atoms with E-state index in [0.717, 1.165) is 0 Å². The average Bonchev–Trinajstić information content (AvgIpc) is 2.28. The molecule has 4 nitrogen and oxygen atoms in total. The van der Waals surface area contributed by atoms with Gasteiger partial charge in [0.25, 0.3) is 0 Å². The van der Waals surface area contributed by atoms with Crippen molar-refractivity contribution in [2.75, 3.05) is 7.11 Å². The van der Waals surface area contributed by atoms with E-state index < -0.39 is 23.7 Å². The number of carbonyl (C=O) groups is 2. The molecule has 0 aliphatic heterocycles. The van der Waals surface area contributed by atoms with Crippen LogP contribution in [0.25, 0.3) is 0 Å². The van der Waals surface area contributed by atoms with Crippen LogP contribution in [0.5, 0.6) is 0 Å². The van der Waals surface area contributed by atoms with Crippen molar-refractivity contribution in [2.45, 2.75) is 13.0 Å². The minimum absolute atomic E-state index is 0.0569. The summed E-state index contributed by atoms with van der Waals surface area (Å²) in [7, 11) is 1.17. The van der Waals surface area contributed by atoms with Crippen molar-refractivity contribution in [3.63, 3.8) is 0 Å². The summed E-state index contributed by atoms with van der Waals surface area (Å²) in [5, 5.41) is 2.34. The molecule has 92 valence electrons. The molecule has 1 unspecified atom stereocenters. The molecule has 1 aromatic carbocycles. The van der Waals surface area contributed by atoms with Crippen LogP contribution in [-0.2, 0) is 14.3 Å². The number of hydrogen-bond acceptors (Lipinski definition) is 3. The molecular formula is C11H11BrFNO3. The summed E-state index contributed by atoms with van der Waals surface area (Å²) < 4.78 is 18.7. The highest BCUT2D eigenvalue weighted by atomic mass is 79.9. The van der Waals surface area contributed by atoms with E-state index in [2.05, 4.69) is 26.0 Å². The molecule has 0 aliphatic carbocycles. The van der Waals surface area contributed by atoms with Crippen LogP contribution >= 0.6 is 15.9 Å². The second-order valence-corrected chi connectivity index (χ2v) is 4.24. The predicted octanol–water partition coefficient (Wildman–Crippen LogP) is 1.94. The highest BCUT2D eigenvalue weighted by molar-refractivity contribution is 9.10. The number of halogens is 2. The number of hydrogen-bond donors (Lipinski definition) is 1. The van der Waals surface area contributed by atoms with Gasteiger partial charge in [0.05, 0.1) is 7.11 Å². The zero-order valence-corrected chi connectivity index (χ0v) is 10.9. The molecule has 0 spiro atoms. The molecule has 0 aromatic heterocycles. The molecule has 0 saturated heterocycles. The molecule has 0 saturated carbocycles. The monoisotopic (exact) mass is 303 g/mol. The first-order valence-corrected chi connectivity index (χ1v) is 5.55. The molecule has 0 aliphatic rings. The maximum atomic E-state index is 13.6. The van der Waals surface area contributed by atoms with Gasteiger partial charge in [-0.05, 0) is 18.2 Å². The summed E-state index contributed by atoms with van der Waals surface area (Å²) in [4.78, 5) is 22.5. The molecule has 1 amide bonds.